The Hall–Kier alpha value is -3.35. The van der Waals surface area contributed by atoms with E-state index < -0.39 is 18.0 Å². The third-order valence-electron chi connectivity index (χ3n) is 7.21. The number of amides is 2. The van der Waals surface area contributed by atoms with Gasteiger partial charge in [0.25, 0.3) is 0 Å². The van der Waals surface area contributed by atoms with Gasteiger partial charge in [-0.15, -0.1) is 0 Å². The van der Waals surface area contributed by atoms with Crippen molar-refractivity contribution >= 4 is 18.0 Å². The zero-order chi connectivity index (χ0) is 24.8. The van der Waals surface area contributed by atoms with E-state index in [9.17, 15) is 19.5 Å². The number of hydrogen-bond donors (Lipinski definition) is 3. The van der Waals surface area contributed by atoms with Crippen LogP contribution in [0.4, 0.5) is 4.79 Å². The number of nitrogens with one attached hydrogen (secondary N) is 2. The van der Waals surface area contributed by atoms with Crippen LogP contribution in [-0.4, -0.2) is 42.3 Å². The van der Waals surface area contributed by atoms with Gasteiger partial charge in [-0.1, -0.05) is 61.9 Å². The summed E-state index contributed by atoms with van der Waals surface area (Å²) in [6.07, 6.45) is 3.60. The summed E-state index contributed by atoms with van der Waals surface area (Å²) >= 11 is 0. The molecule has 3 unspecified atom stereocenters. The van der Waals surface area contributed by atoms with Crippen LogP contribution in [0.1, 0.15) is 62.5 Å². The Morgan fingerprint density at radius 2 is 1.69 bits per heavy atom. The molecule has 3 N–H and O–H groups in total. The number of rotatable bonds is 10. The first kappa shape index (κ1) is 24.8. The highest BCUT2D eigenvalue weighted by Gasteiger charge is 2.31. The lowest BCUT2D eigenvalue weighted by molar-refractivity contribution is -0.142. The van der Waals surface area contributed by atoms with Gasteiger partial charge in [-0.25, -0.2) is 4.79 Å². The fourth-order valence-electron chi connectivity index (χ4n) is 5.43. The molecule has 0 aliphatic heterocycles. The second-order valence-electron chi connectivity index (χ2n) is 9.68. The second-order valence-corrected chi connectivity index (χ2v) is 9.68. The Morgan fingerprint density at radius 1 is 1.03 bits per heavy atom. The zero-order valence-electron chi connectivity index (χ0n) is 20.2. The molecule has 4 rings (SSSR count). The maximum Gasteiger partial charge on any atom is 0.407 e. The average Bonchev–Trinajstić information content (AvgIpc) is 3.42. The molecule has 0 radical (unpaired) electrons. The number of carbonyl (C=O) groups excluding carboxylic acids is 2. The van der Waals surface area contributed by atoms with E-state index in [4.69, 9.17) is 4.74 Å². The number of carbonyl (C=O) groups is 3. The van der Waals surface area contributed by atoms with Crippen LogP contribution in [0.3, 0.4) is 0 Å². The van der Waals surface area contributed by atoms with Gasteiger partial charge >= 0.3 is 12.1 Å². The smallest absolute Gasteiger partial charge is 0.407 e. The Balaban J connectivity index is 1.22. The summed E-state index contributed by atoms with van der Waals surface area (Å²) in [7, 11) is 0. The van der Waals surface area contributed by atoms with Crippen molar-refractivity contribution in [3.8, 4) is 11.1 Å². The minimum atomic E-state index is -0.875. The Labute approximate surface area is 206 Å². The summed E-state index contributed by atoms with van der Waals surface area (Å²) in [5.74, 6) is -1.35. The van der Waals surface area contributed by atoms with Gasteiger partial charge in [-0.2, -0.15) is 0 Å². The number of fused-ring (bicyclic) bond motifs is 3. The average molecular weight is 479 g/mol. The van der Waals surface area contributed by atoms with Crippen LogP contribution < -0.4 is 10.6 Å². The van der Waals surface area contributed by atoms with Crippen molar-refractivity contribution < 1.29 is 24.2 Å². The van der Waals surface area contributed by atoms with E-state index in [0.29, 0.717) is 12.8 Å². The van der Waals surface area contributed by atoms with Crippen molar-refractivity contribution in [1.82, 2.24) is 10.6 Å². The van der Waals surface area contributed by atoms with Crippen molar-refractivity contribution in [2.75, 3.05) is 13.2 Å². The fourth-order valence-corrected chi connectivity index (χ4v) is 5.43. The normalized spacial score (nSPS) is 19.5. The first-order valence-electron chi connectivity index (χ1n) is 12.6. The van der Waals surface area contributed by atoms with Gasteiger partial charge in [0.1, 0.15) is 6.61 Å². The molecule has 1 fully saturated rings. The molecule has 2 aliphatic carbocycles. The van der Waals surface area contributed by atoms with Gasteiger partial charge in [0.15, 0.2) is 0 Å². The van der Waals surface area contributed by atoms with Gasteiger partial charge in [0.2, 0.25) is 5.91 Å². The first-order valence-corrected chi connectivity index (χ1v) is 12.6. The summed E-state index contributed by atoms with van der Waals surface area (Å²) in [6, 6.07) is 16.5. The molecule has 2 aromatic rings. The molecule has 2 amide bonds. The first-order chi connectivity index (χ1) is 17.0. The summed E-state index contributed by atoms with van der Waals surface area (Å²) in [4.78, 5) is 36.1. The SMILES string of the molecule is CCCC(CNC(=O)CC1CCC(NC(=O)OCC2c3ccccc3-c3ccccc32)C1)C(=O)O. The predicted octanol–water partition coefficient (Wildman–Crippen LogP) is 4.70. The molecule has 2 aliphatic rings. The van der Waals surface area contributed by atoms with Crippen LogP contribution in [0.25, 0.3) is 11.1 Å². The summed E-state index contributed by atoms with van der Waals surface area (Å²) in [5.41, 5.74) is 4.74. The molecule has 0 bridgehead atoms. The van der Waals surface area contributed by atoms with Gasteiger partial charge < -0.3 is 20.5 Å². The van der Waals surface area contributed by atoms with Crippen molar-refractivity contribution in [3.05, 3.63) is 59.7 Å². The Kier molecular flexibility index (Phi) is 8.06. The Bertz CT molecular complexity index is 1020. The maximum absolute atomic E-state index is 12.5. The van der Waals surface area contributed by atoms with E-state index in [1.807, 2.05) is 31.2 Å². The number of alkyl carbamates (subject to hydrolysis) is 1. The van der Waals surface area contributed by atoms with Crippen molar-refractivity contribution in [2.45, 2.75) is 57.4 Å². The molecule has 7 heteroatoms. The third kappa shape index (κ3) is 6.02. The summed E-state index contributed by atoms with van der Waals surface area (Å²) in [5, 5.41) is 15.0. The van der Waals surface area contributed by atoms with Crippen molar-refractivity contribution in [2.24, 2.45) is 11.8 Å². The predicted molar refractivity (Wildman–Crippen MR) is 133 cm³/mol. The lowest BCUT2D eigenvalue weighted by Gasteiger charge is -2.17. The van der Waals surface area contributed by atoms with E-state index in [1.165, 1.54) is 22.3 Å². The lowest BCUT2D eigenvalue weighted by Crippen LogP contribution is -2.35. The van der Waals surface area contributed by atoms with Crippen LogP contribution in [0.2, 0.25) is 0 Å². The zero-order valence-corrected chi connectivity index (χ0v) is 20.2. The molecule has 1 saturated carbocycles. The third-order valence-corrected chi connectivity index (χ3v) is 7.21. The number of carboxylic acid groups (broad SMARTS) is 1. The number of ether oxygens (including phenoxy) is 1. The molecule has 0 aromatic heterocycles. The van der Waals surface area contributed by atoms with Gasteiger partial charge in [-0.05, 0) is 53.9 Å². The second kappa shape index (κ2) is 11.4. The number of hydrogen-bond acceptors (Lipinski definition) is 4. The molecule has 0 spiro atoms. The van der Waals surface area contributed by atoms with Crippen LogP contribution in [0.5, 0.6) is 0 Å². The van der Waals surface area contributed by atoms with Crippen LogP contribution >= 0.6 is 0 Å². The molecule has 35 heavy (non-hydrogen) atoms. The van der Waals surface area contributed by atoms with Gasteiger partial charge in [0, 0.05) is 24.9 Å². The summed E-state index contributed by atoms with van der Waals surface area (Å²) < 4.78 is 5.64. The highest BCUT2D eigenvalue weighted by molar-refractivity contribution is 5.79. The monoisotopic (exact) mass is 478 g/mol. The van der Waals surface area contributed by atoms with E-state index in [-0.39, 0.29) is 36.9 Å². The molecular weight excluding hydrogens is 444 g/mol. The van der Waals surface area contributed by atoms with E-state index in [2.05, 4.69) is 34.9 Å². The largest absolute Gasteiger partial charge is 0.481 e. The number of benzene rings is 2. The maximum atomic E-state index is 12.5. The highest BCUT2D eigenvalue weighted by atomic mass is 16.5. The lowest BCUT2D eigenvalue weighted by atomic mass is 9.98. The summed E-state index contributed by atoms with van der Waals surface area (Å²) in [6.45, 7) is 2.37. The molecule has 3 atom stereocenters. The number of aliphatic carboxylic acids is 1. The van der Waals surface area contributed by atoms with Gasteiger partial charge in [-0.3, -0.25) is 9.59 Å². The van der Waals surface area contributed by atoms with Crippen LogP contribution in [-0.2, 0) is 14.3 Å². The Morgan fingerprint density at radius 3 is 2.31 bits per heavy atom. The molecule has 2 aromatic carbocycles. The van der Waals surface area contributed by atoms with Crippen molar-refractivity contribution in [3.63, 3.8) is 0 Å². The van der Waals surface area contributed by atoms with Crippen molar-refractivity contribution in [1.29, 1.82) is 0 Å². The van der Waals surface area contributed by atoms with Crippen LogP contribution in [0.15, 0.2) is 48.5 Å². The number of carboxylic acids is 1. The quantitative estimate of drug-likeness (QED) is 0.459. The molecule has 0 saturated heterocycles. The standard InChI is InChI=1S/C28H34N2O5/c1-2-7-19(27(32)33)16-29-26(31)15-18-12-13-20(14-18)30-28(34)35-17-25-23-10-5-3-8-21(23)22-9-4-6-11-24(22)25/h3-6,8-11,18-20,25H,2,7,12-17H2,1H3,(H,29,31)(H,30,34)(H,32,33). The van der Waals surface area contributed by atoms with Gasteiger partial charge in [0.05, 0.1) is 5.92 Å². The fraction of sp³-hybridized carbons (Fsp3) is 0.464. The highest BCUT2D eigenvalue weighted by Crippen LogP contribution is 2.44. The topological polar surface area (TPSA) is 105 Å². The minimum Gasteiger partial charge on any atom is -0.481 e. The molecule has 0 heterocycles. The molecule has 186 valence electrons. The minimum absolute atomic E-state index is 0.0182. The molecular formula is C28H34N2O5. The molecule has 7 nitrogen and oxygen atoms in total. The van der Waals surface area contributed by atoms with E-state index in [0.717, 1.165) is 25.7 Å². The van der Waals surface area contributed by atoms with E-state index in [1.54, 1.807) is 0 Å². The van der Waals surface area contributed by atoms with E-state index >= 15 is 0 Å². The van der Waals surface area contributed by atoms with Crippen LogP contribution in [0, 0.1) is 11.8 Å².